The van der Waals surface area contributed by atoms with E-state index in [1.165, 1.54) is 30.4 Å². The SMILES string of the molecule is CC[C@H](C)[C@@H]([C@@H](CC(=O)N1CCC[C@H]1[C@H](OC)[C@@H](C)C(=O)N[C@@H](Cc1ccccc1)c1nccs1)OC)N(C)C(=O)[C@@H](NC(=O)[C@H](C(C)C)N(C)C(=O)OCc1ccc(NC(=O)[C@H](CCCCCNC(N)=O)NC(=O)[C@@H](NC(=O)CCOCCOCCOCCOCCON)C(C)C)cc1)C(C)C. The minimum atomic E-state index is -1.08. The van der Waals surface area contributed by atoms with Crippen molar-refractivity contribution in [2.75, 3.05) is 106 Å². The van der Waals surface area contributed by atoms with Crippen LogP contribution in [0.2, 0.25) is 0 Å². The number of hydrogen-bond acceptors (Lipinski definition) is 20. The van der Waals surface area contributed by atoms with E-state index in [-0.39, 0.29) is 75.4 Å². The number of unbranched alkanes of at least 4 members (excludes halogenated alkanes) is 2. The maximum absolute atomic E-state index is 14.9. The Morgan fingerprint density at radius 2 is 1.31 bits per heavy atom. The van der Waals surface area contributed by atoms with Gasteiger partial charge in [-0.15, -0.1) is 11.3 Å². The van der Waals surface area contributed by atoms with E-state index in [2.05, 4.69) is 41.7 Å². The lowest BCUT2D eigenvalue weighted by atomic mass is 9.89. The summed E-state index contributed by atoms with van der Waals surface area (Å²) >= 11 is 1.47. The smallest absolute Gasteiger partial charge is 0.410 e. The summed E-state index contributed by atoms with van der Waals surface area (Å²) < 4.78 is 39.7. The minimum Gasteiger partial charge on any atom is -0.445 e. The first-order valence-electron chi connectivity index (χ1n) is 36.0. The van der Waals surface area contributed by atoms with Gasteiger partial charge in [0.1, 0.15) is 35.8 Å². The molecule has 3 aromatic rings. The van der Waals surface area contributed by atoms with Crippen LogP contribution in [0.3, 0.4) is 0 Å². The number of anilines is 1. The third kappa shape index (κ3) is 30.3. The average molecular weight is 1470 g/mol. The van der Waals surface area contributed by atoms with E-state index in [1.54, 1.807) is 82.1 Å². The number of likely N-dealkylation sites (tertiary alicyclic amines) is 1. The summed E-state index contributed by atoms with van der Waals surface area (Å²) in [5, 5.41) is 19.9. The Kier molecular flexibility index (Phi) is 40.9. The first kappa shape index (κ1) is 88.0. The molecular weight excluding hydrogens is 1350 g/mol. The van der Waals surface area contributed by atoms with Gasteiger partial charge in [-0.05, 0) is 79.0 Å². The van der Waals surface area contributed by atoms with Gasteiger partial charge >= 0.3 is 12.1 Å². The molecule has 10 amide bonds. The maximum atomic E-state index is 14.9. The molecule has 10 N–H and O–H groups in total. The lowest BCUT2D eigenvalue weighted by Gasteiger charge is -2.41. The van der Waals surface area contributed by atoms with Crippen LogP contribution in [-0.4, -0.2) is 222 Å². The maximum Gasteiger partial charge on any atom is 0.410 e. The summed E-state index contributed by atoms with van der Waals surface area (Å²) in [6, 6.07) is 10.2. The molecule has 0 spiro atoms. The van der Waals surface area contributed by atoms with Crippen molar-refractivity contribution in [1.82, 2.24) is 46.3 Å². The van der Waals surface area contributed by atoms with Crippen LogP contribution >= 0.6 is 11.3 Å². The van der Waals surface area contributed by atoms with Crippen LogP contribution < -0.4 is 43.5 Å². The number of nitrogens with two attached hydrogens (primary N) is 2. The van der Waals surface area contributed by atoms with Crippen LogP contribution in [0.5, 0.6) is 0 Å². The number of rotatable bonds is 50. The van der Waals surface area contributed by atoms with Crippen LogP contribution in [-0.2, 0) is 84.6 Å². The number of ether oxygens (including phenoxy) is 7. The molecule has 1 fully saturated rings. The Balaban J connectivity index is 1.36. The number of benzene rings is 2. The van der Waals surface area contributed by atoms with Crippen LogP contribution in [0.4, 0.5) is 15.3 Å². The highest BCUT2D eigenvalue weighted by molar-refractivity contribution is 7.09. The van der Waals surface area contributed by atoms with Crippen LogP contribution in [0, 0.1) is 29.6 Å². The first-order chi connectivity index (χ1) is 49.3. The van der Waals surface area contributed by atoms with Crippen molar-refractivity contribution in [3.8, 4) is 0 Å². The summed E-state index contributed by atoms with van der Waals surface area (Å²) in [5.74, 6) is 0.0392. The van der Waals surface area contributed by atoms with E-state index in [0.717, 1.165) is 10.6 Å². The molecule has 1 aliphatic heterocycles. The Morgan fingerprint density at radius 1 is 0.680 bits per heavy atom. The van der Waals surface area contributed by atoms with Crippen LogP contribution in [0.1, 0.15) is 142 Å². The van der Waals surface area contributed by atoms with Gasteiger partial charge in [0.15, 0.2) is 0 Å². The van der Waals surface area contributed by atoms with Gasteiger partial charge in [-0.1, -0.05) is 124 Å². The zero-order chi connectivity index (χ0) is 76.0. The number of nitrogens with one attached hydrogen (secondary N) is 6. The van der Waals surface area contributed by atoms with Crippen LogP contribution in [0.25, 0.3) is 0 Å². The number of carbonyl (C=O) groups is 9. The second kappa shape index (κ2) is 47.8. The number of likely N-dealkylation sites (N-methyl/N-ethyl adjacent to an activating group) is 2. The van der Waals surface area contributed by atoms with E-state index >= 15 is 0 Å². The molecule has 578 valence electrons. The fourth-order valence-corrected chi connectivity index (χ4v) is 13.1. The molecule has 1 saturated heterocycles. The zero-order valence-electron chi connectivity index (χ0n) is 62.8. The Morgan fingerprint density at radius 3 is 1.87 bits per heavy atom. The molecule has 0 saturated carbocycles. The molecule has 0 aliphatic carbocycles. The highest BCUT2D eigenvalue weighted by Crippen LogP contribution is 2.31. The van der Waals surface area contributed by atoms with Crippen molar-refractivity contribution in [3.05, 3.63) is 82.3 Å². The molecule has 0 unspecified atom stereocenters. The predicted octanol–water partition coefficient (Wildman–Crippen LogP) is 6.04. The van der Waals surface area contributed by atoms with Gasteiger partial charge in [0.05, 0.1) is 102 Å². The van der Waals surface area contributed by atoms with Crippen molar-refractivity contribution in [1.29, 1.82) is 0 Å². The zero-order valence-corrected chi connectivity index (χ0v) is 63.6. The second-order valence-electron chi connectivity index (χ2n) is 27.0. The molecule has 29 nitrogen and oxygen atoms in total. The number of primary amides is 1. The predicted molar refractivity (Wildman–Crippen MR) is 390 cm³/mol. The molecule has 11 atom stereocenters. The van der Waals surface area contributed by atoms with Gasteiger partial charge in [-0.3, -0.25) is 38.5 Å². The summed E-state index contributed by atoms with van der Waals surface area (Å²) in [6.45, 7) is 19.9. The number of nitrogens with zero attached hydrogens (tertiary/aromatic N) is 4. The Hall–Kier alpha value is -7.42. The molecule has 2 heterocycles. The quantitative estimate of drug-likeness (QED) is 0.0236. The standard InChI is InChI=1S/C73H118N12O17S/c1-14-50(8)64(58(95-12)45-60(87)85-33-21-25-57(85)65(96-13)51(9)66(88)80-56(70-76-32-43-103-70)44-52-22-17-15-18-23-52)83(10)71(92)62(48(4)5)82-69(91)63(49(6)7)84(11)73(94)101-46-53-26-28-54(29-27-53)78-67(89)55(24-19-16-20-31-77-72(74)93)79-68(90)61(47(2)3)81-59(86)30-34-97-35-36-98-37-38-99-39-40-100-41-42-102-75/h15,17-18,22-23,26-29,32,43,47-51,55-58,61-65H,14,16,19-21,24-25,30-31,33-42,44-46,75H2,1-13H3,(H,78,89)(H,79,90)(H,80,88)(H,81,86)(H,82,91)(H3,74,77,93)/t50-,51+,55-,56-,57-,58+,61-,62-,63-,64-,65+/m0/s1. The van der Waals surface area contributed by atoms with E-state index in [4.69, 9.17) is 44.8 Å². The van der Waals surface area contributed by atoms with Crippen molar-refractivity contribution < 1.29 is 81.1 Å². The van der Waals surface area contributed by atoms with Gasteiger partial charge in [-0.2, -0.15) is 0 Å². The molecule has 0 bridgehead atoms. The largest absolute Gasteiger partial charge is 0.445 e. The number of methoxy groups -OCH3 is 2. The average Bonchev–Trinajstić information content (AvgIpc) is 1.79. The van der Waals surface area contributed by atoms with Crippen LogP contribution in [0.15, 0.2) is 66.2 Å². The number of aromatic nitrogens is 1. The summed E-state index contributed by atoms with van der Waals surface area (Å²) in [4.78, 5) is 138. The van der Waals surface area contributed by atoms with Gasteiger partial charge < -0.3 is 85.4 Å². The van der Waals surface area contributed by atoms with Crippen molar-refractivity contribution >= 4 is 70.5 Å². The van der Waals surface area contributed by atoms with E-state index in [1.807, 2.05) is 70.3 Å². The van der Waals surface area contributed by atoms with E-state index in [0.29, 0.717) is 109 Å². The summed E-state index contributed by atoms with van der Waals surface area (Å²) in [5.41, 5.74) is 7.20. The third-order valence-electron chi connectivity index (χ3n) is 18.3. The second-order valence-corrected chi connectivity index (χ2v) is 28.0. The molecule has 1 aromatic heterocycles. The van der Waals surface area contributed by atoms with Crippen molar-refractivity contribution in [2.24, 2.45) is 41.2 Å². The summed E-state index contributed by atoms with van der Waals surface area (Å²) in [7, 11) is 6.19. The first-order valence-corrected chi connectivity index (χ1v) is 36.9. The highest BCUT2D eigenvalue weighted by Gasteiger charge is 2.44. The van der Waals surface area contributed by atoms with E-state index < -0.39 is 108 Å². The molecule has 30 heteroatoms. The normalized spacial score (nSPS) is 15.9. The van der Waals surface area contributed by atoms with Crippen molar-refractivity contribution in [3.63, 3.8) is 0 Å². The molecular formula is C73H118N12O17S. The highest BCUT2D eigenvalue weighted by atomic mass is 32.1. The lowest BCUT2D eigenvalue weighted by Crippen LogP contribution is -2.60. The molecule has 1 aliphatic rings. The van der Waals surface area contributed by atoms with Gasteiger partial charge in [0.25, 0.3) is 0 Å². The van der Waals surface area contributed by atoms with Gasteiger partial charge in [0.2, 0.25) is 41.4 Å². The van der Waals surface area contributed by atoms with Crippen molar-refractivity contribution in [2.45, 2.75) is 188 Å². The monoisotopic (exact) mass is 1470 g/mol. The molecule has 4 rings (SSSR count). The Bertz CT molecular complexity index is 3010. The van der Waals surface area contributed by atoms with Gasteiger partial charge in [0, 0.05) is 65.1 Å². The van der Waals surface area contributed by atoms with E-state index in [9.17, 15) is 43.2 Å². The number of urea groups is 1. The minimum absolute atomic E-state index is 0.0250. The Labute approximate surface area is 612 Å². The van der Waals surface area contributed by atoms with Gasteiger partial charge in [-0.25, -0.2) is 20.5 Å². The topological polar surface area (TPSA) is 374 Å². The fourth-order valence-electron chi connectivity index (χ4n) is 12.4. The number of thiazole rings is 1. The third-order valence-corrected chi connectivity index (χ3v) is 19.2. The molecule has 0 radical (unpaired) electrons. The molecule has 2 aromatic carbocycles. The molecule has 103 heavy (non-hydrogen) atoms. The number of hydrogen-bond donors (Lipinski definition) is 8. The lowest BCUT2D eigenvalue weighted by molar-refractivity contribution is -0.148. The summed E-state index contributed by atoms with van der Waals surface area (Å²) in [6.07, 6.45) is 3.81. The fraction of sp³-hybridized carbons (Fsp3) is 0.671. The number of amides is 10. The number of carbonyl (C=O) groups excluding carboxylic acids is 9.